The zero-order chi connectivity index (χ0) is 27.0. The fourth-order valence-corrected chi connectivity index (χ4v) is 3.55. The third-order valence-electron chi connectivity index (χ3n) is 5.68. The van der Waals surface area contributed by atoms with E-state index in [4.69, 9.17) is 19.6 Å². The van der Waals surface area contributed by atoms with Gasteiger partial charge in [0.1, 0.15) is 19.0 Å². The Balaban J connectivity index is 0.000000289. The summed E-state index contributed by atoms with van der Waals surface area (Å²) in [6, 6.07) is 15.5. The molecule has 0 unspecified atom stereocenters. The monoisotopic (exact) mass is 501 g/mol. The largest absolute Gasteiger partial charge is 0.491 e. The summed E-state index contributed by atoms with van der Waals surface area (Å²) in [7, 11) is 1.84. The van der Waals surface area contributed by atoms with Crippen molar-refractivity contribution in [3.63, 3.8) is 0 Å². The Morgan fingerprint density at radius 1 is 1.03 bits per heavy atom. The average Bonchev–Trinajstić information content (AvgIpc) is 3.34. The third kappa shape index (κ3) is 7.13. The summed E-state index contributed by atoms with van der Waals surface area (Å²) in [5.41, 5.74) is 9.44. The number of anilines is 1. The van der Waals surface area contributed by atoms with Gasteiger partial charge in [-0.2, -0.15) is 0 Å². The van der Waals surface area contributed by atoms with Crippen molar-refractivity contribution in [3.8, 4) is 22.8 Å². The molecule has 1 aliphatic rings. The van der Waals surface area contributed by atoms with Crippen LogP contribution in [-0.2, 0) is 14.9 Å². The normalized spacial score (nSPS) is 13.3. The number of nitrogens with one attached hydrogen (secondary N) is 1. The lowest BCUT2D eigenvalue weighted by Crippen LogP contribution is -2.12. The van der Waals surface area contributed by atoms with Crippen LogP contribution in [0.4, 0.5) is 5.69 Å². The number of ether oxygens (including phenoxy) is 2. The molecule has 0 saturated heterocycles. The molecule has 0 spiro atoms. The highest BCUT2D eigenvalue weighted by Gasteiger charge is 2.21. The van der Waals surface area contributed by atoms with Gasteiger partial charge in [0.05, 0.1) is 0 Å². The van der Waals surface area contributed by atoms with Gasteiger partial charge in [0.15, 0.2) is 17.2 Å². The van der Waals surface area contributed by atoms with Crippen molar-refractivity contribution in [3.05, 3.63) is 96.1 Å². The molecule has 7 nitrogen and oxygen atoms in total. The number of allylic oxidation sites excluding steroid dienone is 4. The summed E-state index contributed by atoms with van der Waals surface area (Å²) in [4.78, 5) is 16.2. The van der Waals surface area contributed by atoms with Crippen LogP contribution in [-0.4, -0.2) is 31.2 Å². The van der Waals surface area contributed by atoms with Crippen molar-refractivity contribution in [2.75, 3.05) is 25.6 Å². The van der Waals surface area contributed by atoms with Crippen molar-refractivity contribution in [1.29, 1.82) is 0 Å². The lowest BCUT2D eigenvalue weighted by molar-refractivity contribution is 0.0708. The van der Waals surface area contributed by atoms with Gasteiger partial charge < -0.3 is 24.9 Å². The molecule has 4 rings (SSSR count). The minimum atomic E-state index is -0.612. The van der Waals surface area contributed by atoms with E-state index in [9.17, 15) is 4.79 Å². The second-order valence-corrected chi connectivity index (χ2v) is 9.43. The van der Waals surface area contributed by atoms with Crippen molar-refractivity contribution in [2.24, 2.45) is 5.73 Å². The number of carbonyl (C=O) groups is 1. The number of benzene rings is 2. The first-order valence-electron chi connectivity index (χ1n) is 12.1. The van der Waals surface area contributed by atoms with Gasteiger partial charge in [-0.1, -0.05) is 51.6 Å². The van der Waals surface area contributed by atoms with E-state index in [-0.39, 0.29) is 11.1 Å². The van der Waals surface area contributed by atoms with Gasteiger partial charge in [0.25, 0.3) is 5.91 Å². The number of oxazole rings is 1. The van der Waals surface area contributed by atoms with Gasteiger partial charge in [0, 0.05) is 23.9 Å². The highest BCUT2D eigenvalue weighted by molar-refractivity contribution is 5.97. The molecule has 194 valence electrons. The summed E-state index contributed by atoms with van der Waals surface area (Å²) in [5, 5.41) is 3.05. The minimum absolute atomic E-state index is 0.0632. The molecule has 0 fully saturated rings. The quantitative estimate of drug-likeness (QED) is 0.376. The molecule has 1 aliphatic heterocycles. The van der Waals surface area contributed by atoms with E-state index < -0.39 is 5.91 Å². The average molecular weight is 502 g/mol. The predicted molar refractivity (Wildman–Crippen MR) is 148 cm³/mol. The van der Waals surface area contributed by atoms with Gasteiger partial charge in [-0.3, -0.25) is 4.79 Å². The van der Waals surface area contributed by atoms with E-state index in [1.54, 1.807) is 6.08 Å². The smallest absolute Gasteiger partial charge is 0.271 e. The van der Waals surface area contributed by atoms with Crippen LogP contribution in [0.25, 0.3) is 22.8 Å². The second-order valence-electron chi connectivity index (χ2n) is 9.43. The van der Waals surface area contributed by atoms with Crippen molar-refractivity contribution < 1.29 is 18.7 Å². The molecule has 3 aromatic rings. The first-order chi connectivity index (χ1) is 17.6. The van der Waals surface area contributed by atoms with Crippen molar-refractivity contribution in [1.82, 2.24) is 4.98 Å². The number of hydrogen-bond donors (Lipinski definition) is 2. The molecule has 3 N–H and O–H groups in total. The maximum Gasteiger partial charge on any atom is 0.271 e. The lowest BCUT2D eigenvalue weighted by atomic mass is 9.87. The number of hydrogen-bond acceptors (Lipinski definition) is 6. The molecular formula is C30H35N3O4. The second kappa shape index (κ2) is 12.1. The van der Waals surface area contributed by atoms with Crippen molar-refractivity contribution >= 4 is 11.6 Å². The fraction of sp³-hybridized carbons (Fsp3) is 0.267. The van der Waals surface area contributed by atoms with Crippen LogP contribution in [0.1, 0.15) is 43.7 Å². The molecule has 0 saturated carbocycles. The summed E-state index contributed by atoms with van der Waals surface area (Å²) >= 11 is 0. The maximum absolute atomic E-state index is 11.8. The highest BCUT2D eigenvalue weighted by atomic mass is 16.6. The van der Waals surface area contributed by atoms with E-state index in [0.717, 1.165) is 28.3 Å². The van der Waals surface area contributed by atoms with E-state index in [0.29, 0.717) is 24.9 Å². The molecule has 0 atom stereocenters. The van der Waals surface area contributed by atoms with E-state index in [2.05, 4.69) is 37.7 Å². The first-order valence-corrected chi connectivity index (χ1v) is 12.1. The number of carbonyl (C=O) groups excluding carboxylic acids is 1. The highest BCUT2D eigenvalue weighted by Crippen LogP contribution is 2.32. The standard InChI is InChI=1S/C21H23N3O2.C9H12O2/c1-21(2,3)15-9-5-14(6-10-15)20-24-17(19(22)25)18(26-20)13-7-11-16(23-4)12-8-13;1-3-4-5-9-8(2)10-6-7-11-9/h5-12,23H,1-4H3,(H2,22,25);3-5H,1,6-7H2,2H3/b;5-4-. The van der Waals surface area contributed by atoms with Gasteiger partial charge in [-0.15, -0.1) is 0 Å². The summed E-state index contributed by atoms with van der Waals surface area (Å²) < 4.78 is 16.5. The maximum atomic E-state index is 11.8. The van der Waals surface area contributed by atoms with Crippen LogP contribution in [0.2, 0.25) is 0 Å². The van der Waals surface area contributed by atoms with E-state index in [1.165, 1.54) is 5.56 Å². The van der Waals surface area contributed by atoms with Gasteiger partial charge in [-0.05, 0) is 60.4 Å². The van der Waals surface area contributed by atoms with Crippen LogP contribution in [0.3, 0.4) is 0 Å². The topological polar surface area (TPSA) is 99.6 Å². The zero-order valence-electron chi connectivity index (χ0n) is 22.1. The van der Waals surface area contributed by atoms with Crippen LogP contribution in [0.15, 0.2) is 89.3 Å². The van der Waals surface area contributed by atoms with Crippen LogP contribution < -0.4 is 11.1 Å². The Hall–Kier alpha value is -4.26. The first kappa shape index (κ1) is 27.3. The summed E-state index contributed by atoms with van der Waals surface area (Å²) in [5.74, 6) is 1.80. The molecule has 0 bridgehead atoms. The fourth-order valence-electron chi connectivity index (χ4n) is 3.55. The number of rotatable bonds is 6. The van der Waals surface area contributed by atoms with Crippen molar-refractivity contribution in [2.45, 2.75) is 33.1 Å². The Labute approximate surface area is 218 Å². The minimum Gasteiger partial charge on any atom is -0.491 e. The third-order valence-corrected chi connectivity index (χ3v) is 5.68. The number of nitrogens with zero attached hydrogens (tertiary/aromatic N) is 1. The molecule has 37 heavy (non-hydrogen) atoms. The Morgan fingerprint density at radius 2 is 1.65 bits per heavy atom. The van der Waals surface area contributed by atoms with E-state index >= 15 is 0 Å². The SMILES string of the molecule is C=C/C=C\C1=C(C)OCCO1.CNc1ccc(-c2oc(-c3ccc(C(C)(C)C)cc3)nc2C(N)=O)cc1. The van der Waals surface area contributed by atoms with Crippen LogP contribution >= 0.6 is 0 Å². The van der Waals surface area contributed by atoms with E-state index in [1.807, 2.05) is 74.7 Å². The molecule has 0 aliphatic carbocycles. The lowest BCUT2D eigenvalue weighted by Gasteiger charge is -2.18. The summed E-state index contributed by atoms with van der Waals surface area (Å²) in [6.07, 6.45) is 5.38. The zero-order valence-corrected chi connectivity index (χ0v) is 22.1. The molecule has 0 radical (unpaired) electrons. The molecular weight excluding hydrogens is 466 g/mol. The Kier molecular flexibility index (Phi) is 8.95. The number of nitrogens with two attached hydrogens (primary N) is 1. The Morgan fingerprint density at radius 3 is 2.19 bits per heavy atom. The van der Waals surface area contributed by atoms with Gasteiger partial charge in [-0.25, -0.2) is 4.98 Å². The van der Waals surface area contributed by atoms with Crippen LogP contribution in [0, 0.1) is 0 Å². The Bertz CT molecular complexity index is 1280. The molecule has 1 aromatic heterocycles. The number of amides is 1. The number of aromatic nitrogens is 1. The molecule has 1 amide bonds. The molecule has 2 heterocycles. The summed E-state index contributed by atoms with van der Waals surface area (Å²) in [6.45, 7) is 13.2. The predicted octanol–water partition coefficient (Wildman–Crippen LogP) is 6.45. The molecule has 2 aromatic carbocycles. The number of primary amides is 1. The molecule has 7 heteroatoms. The van der Waals surface area contributed by atoms with Gasteiger partial charge in [0.2, 0.25) is 5.89 Å². The van der Waals surface area contributed by atoms with Gasteiger partial charge >= 0.3 is 0 Å². The van der Waals surface area contributed by atoms with Crippen LogP contribution in [0.5, 0.6) is 0 Å².